The van der Waals surface area contributed by atoms with E-state index in [4.69, 9.17) is 4.74 Å². The fraction of sp³-hybridized carbons (Fsp3) is 0. The third-order valence-corrected chi connectivity index (χ3v) is 9.60. The Hall–Kier alpha value is -6.12. The van der Waals surface area contributed by atoms with Crippen molar-refractivity contribution in [1.82, 2.24) is 4.57 Å². The molecule has 46 heavy (non-hydrogen) atoms. The van der Waals surface area contributed by atoms with Crippen LogP contribution in [0.5, 0.6) is 11.5 Å². The van der Waals surface area contributed by atoms with Crippen LogP contribution in [0.2, 0.25) is 0 Å². The maximum Gasteiger partial charge on any atom is 0.135 e. The summed E-state index contributed by atoms with van der Waals surface area (Å²) in [4.78, 5) is 0. The van der Waals surface area contributed by atoms with Crippen molar-refractivity contribution in [2.24, 2.45) is 0 Å². The number of ether oxygens (including phenoxy) is 1. The molecule has 2 heteroatoms. The maximum atomic E-state index is 6.33. The van der Waals surface area contributed by atoms with Crippen LogP contribution >= 0.6 is 0 Å². The van der Waals surface area contributed by atoms with Crippen molar-refractivity contribution >= 4 is 43.4 Å². The summed E-state index contributed by atoms with van der Waals surface area (Å²) in [7, 11) is 0. The molecular weight excluding hydrogens is 558 g/mol. The van der Waals surface area contributed by atoms with E-state index in [1.807, 2.05) is 12.1 Å². The molecule has 0 saturated carbocycles. The zero-order valence-electron chi connectivity index (χ0n) is 24.9. The number of rotatable bonds is 3. The van der Waals surface area contributed by atoms with E-state index in [1.165, 1.54) is 76.9 Å². The average molecular weight is 586 g/mol. The molecule has 1 aliphatic rings. The molecule has 0 N–H and O–H groups in total. The molecule has 214 valence electrons. The first-order chi connectivity index (χ1) is 22.8. The molecule has 1 aromatic heterocycles. The normalized spacial score (nSPS) is 12.1. The van der Waals surface area contributed by atoms with Gasteiger partial charge in [0.25, 0.3) is 0 Å². The highest BCUT2D eigenvalue weighted by atomic mass is 16.5. The van der Waals surface area contributed by atoms with E-state index in [0.29, 0.717) is 0 Å². The summed E-state index contributed by atoms with van der Waals surface area (Å²) in [6, 6.07) is 59.0. The first-order valence-electron chi connectivity index (χ1n) is 15.8. The number of benzene rings is 8. The van der Waals surface area contributed by atoms with Gasteiger partial charge in [0.15, 0.2) is 0 Å². The molecule has 0 fully saturated rings. The topological polar surface area (TPSA) is 14.2 Å². The molecule has 2 heterocycles. The zero-order valence-corrected chi connectivity index (χ0v) is 24.9. The van der Waals surface area contributed by atoms with Crippen LogP contribution in [0.15, 0.2) is 164 Å². The van der Waals surface area contributed by atoms with Gasteiger partial charge in [-0.1, -0.05) is 121 Å². The molecule has 0 amide bonds. The Kier molecular flexibility index (Phi) is 5.31. The van der Waals surface area contributed by atoms with Gasteiger partial charge in [-0.3, -0.25) is 0 Å². The Morgan fingerprint density at radius 3 is 2.02 bits per heavy atom. The number of hydrogen-bond acceptors (Lipinski definition) is 1. The fourth-order valence-electron chi connectivity index (χ4n) is 7.51. The Balaban J connectivity index is 1.07. The molecule has 1 aliphatic heterocycles. The average Bonchev–Trinajstić information content (AvgIpc) is 3.47. The van der Waals surface area contributed by atoms with Gasteiger partial charge < -0.3 is 9.30 Å². The smallest absolute Gasteiger partial charge is 0.135 e. The molecule has 0 bridgehead atoms. The van der Waals surface area contributed by atoms with Gasteiger partial charge in [-0.2, -0.15) is 0 Å². The van der Waals surface area contributed by atoms with Crippen molar-refractivity contribution in [2.45, 2.75) is 0 Å². The number of aromatic nitrogens is 1. The van der Waals surface area contributed by atoms with Gasteiger partial charge in [0.1, 0.15) is 11.5 Å². The van der Waals surface area contributed by atoms with Crippen LogP contribution in [0.25, 0.3) is 82.4 Å². The molecule has 0 spiro atoms. The summed E-state index contributed by atoms with van der Waals surface area (Å²) in [5, 5.41) is 7.48. The van der Waals surface area contributed by atoms with E-state index in [0.717, 1.165) is 17.1 Å². The molecule has 0 saturated heterocycles. The Morgan fingerprint density at radius 1 is 0.370 bits per heavy atom. The monoisotopic (exact) mass is 585 g/mol. The zero-order chi connectivity index (χ0) is 30.2. The van der Waals surface area contributed by atoms with Crippen LogP contribution in [-0.2, 0) is 0 Å². The number of hydrogen-bond donors (Lipinski definition) is 0. The Morgan fingerprint density at radius 2 is 1.11 bits per heavy atom. The summed E-state index contributed by atoms with van der Waals surface area (Å²) in [5.41, 5.74) is 10.8. The Bertz CT molecular complexity index is 2650. The third kappa shape index (κ3) is 3.65. The van der Waals surface area contributed by atoms with Gasteiger partial charge >= 0.3 is 0 Å². The van der Waals surface area contributed by atoms with Crippen molar-refractivity contribution in [1.29, 1.82) is 0 Å². The molecule has 9 aromatic rings. The van der Waals surface area contributed by atoms with E-state index in [1.54, 1.807) is 0 Å². The second kappa shape index (κ2) is 9.69. The molecule has 8 aromatic carbocycles. The maximum absolute atomic E-state index is 6.33. The van der Waals surface area contributed by atoms with Crippen LogP contribution in [-0.4, -0.2) is 4.57 Å². The second-order valence-electron chi connectivity index (χ2n) is 12.1. The molecule has 10 rings (SSSR count). The van der Waals surface area contributed by atoms with Crippen LogP contribution < -0.4 is 4.74 Å². The summed E-state index contributed by atoms with van der Waals surface area (Å²) < 4.78 is 8.70. The minimum atomic E-state index is 0.915. The van der Waals surface area contributed by atoms with E-state index in [2.05, 4.69) is 156 Å². The number of para-hydroxylation sites is 3. The lowest BCUT2D eigenvalue weighted by Gasteiger charge is -2.22. The lowest BCUT2D eigenvalue weighted by atomic mass is 9.90. The minimum Gasteiger partial charge on any atom is -0.456 e. The van der Waals surface area contributed by atoms with Crippen LogP contribution in [0.4, 0.5) is 0 Å². The van der Waals surface area contributed by atoms with Gasteiger partial charge in [-0.05, 0) is 86.4 Å². The number of nitrogens with zero attached hydrogens (tertiary/aromatic N) is 1. The van der Waals surface area contributed by atoms with Crippen LogP contribution in [0.3, 0.4) is 0 Å². The molecule has 2 nitrogen and oxygen atoms in total. The number of fused-ring (bicyclic) bond motifs is 7. The highest BCUT2D eigenvalue weighted by molar-refractivity contribution is 6.21. The SMILES string of the molecule is c1ccc(-n2c3ccccc3c3c4ccc(-c5ccc(-c6ccc7c8c(cccc68)-c6ccccc6O7)cc5)cc4ccc32)cc1. The van der Waals surface area contributed by atoms with Gasteiger partial charge in [0.05, 0.1) is 11.0 Å². The fourth-order valence-corrected chi connectivity index (χ4v) is 7.51. The van der Waals surface area contributed by atoms with Gasteiger partial charge in [-0.25, -0.2) is 0 Å². The van der Waals surface area contributed by atoms with Crippen molar-refractivity contribution in [3.05, 3.63) is 164 Å². The van der Waals surface area contributed by atoms with Crippen molar-refractivity contribution < 1.29 is 4.74 Å². The predicted octanol–water partition coefficient (Wildman–Crippen LogP) is 12.2. The lowest BCUT2D eigenvalue weighted by molar-refractivity contribution is 0.487. The van der Waals surface area contributed by atoms with E-state index in [-0.39, 0.29) is 0 Å². The van der Waals surface area contributed by atoms with Crippen LogP contribution in [0, 0.1) is 0 Å². The van der Waals surface area contributed by atoms with E-state index in [9.17, 15) is 0 Å². The molecule has 0 radical (unpaired) electrons. The Labute approximate surface area is 266 Å². The highest BCUT2D eigenvalue weighted by Crippen LogP contribution is 2.48. The van der Waals surface area contributed by atoms with E-state index < -0.39 is 0 Å². The molecule has 0 atom stereocenters. The molecule has 0 aliphatic carbocycles. The van der Waals surface area contributed by atoms with Gasteiger partial charge in [-0.15, -0.1) is 0 Å². The van der Waals surface area contributed by atoms with Crippen LogP contribution in [0.1, 0.15) is 0 Å². The van der Waals surface area contributed by atoms with Gasteiger partial charge in [0.2, 0.25) is 0 Å². The standard InChI is InChI=1S/C44H27NO/c1-2-9-32(10-3-1)45-39-15-6-4-12-38(39)43-34-23-21-30(27-31(34)22-25-40(43)45)28-17-19-29(20-18-28)33-24-26-42-44-36(33)13-8-14-37(44)35-11-5-7-16-41(35)46-42/h1-27H. The largest absolute Gasteiger partial charge is 0.456 e. The molecular formula is C44H27NO. The van der Waals surface area contributed by atoms with Gasteiger partial charge in [0, 0.05) is 27.4 Å². The minimum absolute atomic E-state index is 0.915. The summed E-state index contributed by atoms with van der Waals surface area (Å²) in [5.74, 6) is 1.83. The molecule has 0 unspecified atom stereocenters. The first-order valence-corrected chi connectivity index (χ1v) is 15.8. The van der Waals surface area contributed by atoms with E-state index >= 15 is 0 Å². The summed E-state index contributed by atoms with van der Waals surface area (Å²) in [6.45, 7) is 0. The summed E-state index contributed by atoms with van der Waals surface area (Å²) in [6.07, 6.45) is 0. The second-order valence-corrected chi connectivity index (χ2v) is 12.1. The highest BCUT2D eigenvalue weighted by Gasteiger charge is 2.21. The van der Waals surface area contributed by atoms with Crippen molar-refractivity contribution in [3.63, 3.8) is 0 Å². The third-order valence-electron chi connectivity index (χ3n) is 9.60. The first kappa shape index (κ1) is 25.2. The summed E-state index contributed by atoms with van der Waals surface area (Å²) >= 11 is 0. The van der Waals surface area contributed by atoms with Crippen molar-refractivity contribution in [3.8, 4) is 50.6 Å². The lowest BCUT2D eigenvalue weighted by Crippen LogP contribution is -1.97. The predicted molar refractivity (Wildman–Crippen MR) is 192 cm³/mol. The van der Waals surface area contributed by atoms with Crippen molar-refractivity contribution in [2.75, 3.05) is 0 Å². The quantitative estimate of drug-likeness (QED) is 0.201.